The third-order valence-electron chi connectivity index (χ3n) is 2.32. The molecule has 0 saturated heterocycles. The number of aromatic nitrogens is 1. The topological polar surface area (TPSA) is 62.2 Å². The van der Waals surface area contributed by atoms with Crippen LogP contribution in [0.25, 0.3) is 0 Å². The number of nitrogens with one attached hydrogen (secondary N) is 1. The van der Waals surface area contributed by atoms with Crippen LogP contribution in [0, 0.1) is 3.57 Å². The van der Waals surface area contributed by atoms with Crippen molar-refractivity contribution in [1.29, 1.82) is 0 Å². The second-order valence-electron chi connectivity index (χ2n) is 3.59. The lowest BCUT2D eigenvalue weighted by Gasteiger charge is -2.01. The van der Waals surface area contributed by atoms with Crippen molar-refractivity contribution in [1.82, 2.24) is 4.98 Å². The molecule has 0 aliphatic heterocycles. The normalized spacial score (nSPS) is 10.3. The minimum Gasteiger partial charge on any atom is -0.477 e. The molecule has 6 heteroatoms. The van der Waals surface area contributed by atoms with Gasteiger partial charge in [0.25, 0.3) is 0 Å². The lowest BCUT2D eigenvalue weighted by atomic mass is 10.3. The average Bonchev–Trinajstić information content (AvgIpc) is 2.75. The van der Waals surface area contributed by atoms with Crippen molar-refractivity contribution in [3.63, 3.8) is 0 Å². The van der Waals surface area contributed by atoms with E-state index in [0.717, 1.165) is 9.26 Å². The number of carboxylic acids is 1. The third-order valence-corrected chi connectivity index (χ3v) is 4.04. The molecule has 0 unspecified atom stereocenters. The summed E-state index contributed by atoms with van der Waals surface area (Å²) in [6.45, 7) is 1.90. The highest BCUT2D eigenvalue weighted by Gasteiger charge is 2.15. The molecule has 0 radical (unpaired) electrons. The second-order valence-corrected chi connectivity index (χ2v) is 5.83. The molecule has 2 aromatic rings. The van der Waals surface area contributed by atoms with E-state index >= 15 is 0 Å². The summed E-state index contributed by atoms with van der Waals surface area (Å²) in [5.41, 5.74) is 1.53. The number of rotatable bonds is 4. The maximum Gasteiger partial charge on any atom is 0.347 e. The minimum absolute atomic E-state index is 0.311. The zero-order chi connectivity index (χ0) is 13.1. The van der Waals surface area contributed by atoms with Crippen molar-refractivity contribution < 1.29 is 9.90 Å². The predicted octanol–water partition coefficient (Wildman–Crippen LogP) is 3.75. The van der Waals surface area contributed by atoms with Gasteiger partial charge in [-0.2, -0.15) is 0 Å². The van der Waals surface area contributed by atoms with Crippen molar-refractivity contribution in [2.24, 2.45) is 0 Å². The summed E-state index contributed by atoms with van der Waals surface area (Å²) in [6.07, 6.45) is 0.618. The molecule has 0 fully saturated rings. The van der Waals surface area contributed by atoms with Gasteiger partial charge in [0.2, 0.25) is 0 Å². The van der Waals surface area contributed by atoms with Crippen LogP contribution in [0.2, 0.25) is 0 Å². The fraction of sp³-hybridized carbons (Fsp3) is 0.167. The molecule has 1 aromatic heterocycles. The molecule has 4 nitrogen and oxygen atoms in total. The number of anilines is 2. The second kappa shape index (κ2) is 5.66. The molecule has 0 bridgehead atoms. The van der Waals surface area contributed by atoms with E-state index in [4.69, 9.17) is 5.11 Å². The molecular weight excluding hydrogens is 363 g/mol. The van der Waals surface area contributed by atoms with Gasteiger partial charge in [-0.05, 0) is 53.3 Å². The first-order chi connectivity index (χ1) is 8.60. The van der Waals surface area contributed by atoms with E-state index in [2.05, 4.69) is 32.9 Å². The van der Waals surface area contributed by atoms with Gasteiger partial charge in [0, 0.05) is 9.26 Å². The largest absolute Gasteiger partial charge is 0.477 e. The molecule has 1 heterocycles. The lowest BCUT2D eigenvalue weighted by Crippen LogP contribution is -1.97. The molecule has 0 spiro atoms. The molecule has 0 aliphatic rings. The molecule has 94 valence electrons. The van der Waals surface area contributed by atoms with Crippen LogP contribution >= 0.6 is 33.9 Å². The third kappa shape index (κ3) is 2.99. The number of hydrogen-bond donors (Lipinski definition) is 2. The molecule has 18 heavy (non-hydrogen) atoms. The number of hydrogen-bond acceptors (Lipinski definition) is 4. The van der Waals surface area contributed by atoms with Gasteiger partial charge in [-0.25, -0.2) is 9.78 Å². The van der Waals surface area contributed by atoms with E-state index < -0.39 is 5.97 Å². The van der Waals surface area contributed by atoms with Gasteiger partial charge >= 0.3 is 5.97 Å². The average molecular weight is 374 g/mol. The van der Waals surface area contributed by atoms with Gasteiger partial charge in [-0.15, -0.1) is 0 Å². The van der Waals surface area contributed by atoms with Gasteiger partial charge < -0.3 is 10.4 Å². The number of halogens is 1. The van der Waals surface area contributed by atoms with E-state index in [1.807, 2.05) is 31.2 Å². The molecular formula is C12H11IN2O2S. The lowest BCUT2D eigenvalue weighted by molar-refractivity contribution is 0.0701. The summed E-state index contributed by atoms with van der Waals surface area (Å²) >= 11 is 3.40. The smallest absolute Gasteiger partial charge is 0.347 e. The van der Waals surface area contributed by atoms with Crippen LogP contribution in [-0.2, 0) is 6.42 Å². The van der Waals surface area contributed by atoms with E-state index in [0.29, 0.717) is 22.1 Å². The number of aromatic carboxylic acids is 1. The molecule has 0 atom stereocenters. The SMILES string of the molecule is CCc1nc(Nc2ccc(I)cc2)sc1C(=O)O. The van der Waals surface area contributed by atoms with Crippen molar-refractivity contribution >= 4 is 50.7 Å². The fourth-order valence-electron chi connectivity index (χ4n) is 1.47. The first kappa shape index (κ1) is 13.3. The summed E-state index contributed by atoms with van der Waals surface area (Å²) in [5, 5.41) is 12.8. The van der Waals surface area contributed by atoms with Crippen LogP contribution in [0.5, 0.6) is 0 Å². The Morgan fingerprint density at radius 1 is 1.44 bits per heavy atom. The van der Waals surface area contributed by atoms with Gasteiger partial charge in [0.05, 0.1) is 5.69 Å². The molecule has 0 saturated carbocycles. The molecule has 0 aliphatic carbocycles. The van der Waals surface area contributed by atoms with Crippen molar-refractivity contribution in [2.75, 3.05) is 5.32 Å². The van der Waals surface area contributed by atoms with Crippen LogP contribution in [0.15, 0.2) is 24.3 Å². The van der Waals surface area contributed by atoms with E-state index in [1.54, 1.807) is 0 Å². The van der Waals surface area contributed by atoms with Gasteiger partial charge in [-0.1, -0.05) is 18.3 Å². The van der Waals surface area contributed by atoms with Crippen LogP contribution in [0.4, 0.5) is 10.8 Å². The maximum absolute atomic E-state index is 11.0. The highest BCUT2D eigenvalue weighted by molar-refractivity contribution is 14.1. The summed E-state index contributed by atoms with van der Waals surface area (Å²) in [5.74, 6) is -0.917. The zero-order valence-electron chi connectivity index (χ0n) is 9.61. The number of benzene rings is 1. The number of thiazole rings is 1. The van der Waals surface area contributed by atoms with E-state index in [1.165, 1.54) is 11.3 Å². The van der Waals surface area contributed by atoms with Crippen LogP contribution in [0.3, 0.4) is 0 Å². The Balaban J connectivity index is 2.24. The quantitative estimate of drug-likeness (QED) is 0.801. The first-order valence-corrected chi connectivity index (χ1v) is 7.25. The Morgan fingerprint density at radius 3 is 2.61 bits per heavy atom. The van der Waals surface area contributed by atoms with Crippen molar-refractivity contribution in [3.05, 3.63) is 38.4 Å². The number of nitrogens with zero attached hydrogens (tertiary/aromatic N) is 1. The summed E-state index contributed by atoms with van der Waals surface area (Å²) < 4.78 is 1.15. The fourth-order valence-corrected chi connectivity index (χ4v) is 2.74. The van der Waals surface area contributed by atoms with E-state index in [-0.39, 0.29) is 0 Å². The highest BCUT2D eigenvalue weighted by Crippen LogP contribution is 2.26. The number of carbonyl (C=O) groups is 1. The Kier molecular flexibility index (Phi) is 4.18. The highest BCUT2D eigenvalue weighted by atomic mass is 127. The Hall–Kier alpha value is -1.15. The van der Waals surface area contributed by atoms with Gasteiger partial charge in [-0.3, -0.25) is 0 Å². The maximum atomic E-state index is 11.0. The monoisotopic (exact) mass is 374 g/mol. The summed E-state index contributed by atoms with van der Waals surface area (Å²) in [7, 11) is 0. The Bertz CT molecular complexity index is 566. The van der Waals surface area contributed by atoms with E-state index in [9.17, 15) is 4.79 Å². The zero-order valence-corrected chi connectivity index (χ0v) is 12.6. The molecule has 2 rings (SSSR count). The summed E-state index contributed by atoms with van der Waals surface area (Å²) in [6, 6.07) is 7.84. The number of aryl methyl sites for hydroxylation is 1. The standard InChI is InChI=1S/C12H11IN2O2S/c1-2-9-10(11(16)17)18-12(15-9)14-8-5-3-7(13)4-6-8/h3-6H,2H2,1H3,(H,14,15)(H,16,17). The molecule has 2 N–H and O–H groups in total. The van der Waals surface area contributed by atoms with Crippen LogP contribution in [-0.4, -0.2) is 16.1 Å². The van der Waals surface area contributed by atoms with Gasteiger partial charge in [0.1, 0.15) is 4.88 Å². The Morgan fingerprint density at radius 2 is 2.11 bits per heavy atom. The van der Waals surface area contributed by atoms with Gasteiger partial charge in [0.15, 0.2) is 5.13 Å². The van der Waals surface area contributed by atoms with Crippen molar-refractivity contribution in [2.45, 2.75) is 13.3 Å². The van der Waals surface area contributed by atoms with Crippen molar-refractivity contribution in [3.8, 4) is 0 Å². The van der Waals surface area contributed by atoms with Crippen LogP contribution < -0.4 is 5.32 Å². The Labute approximate surface area is 122 Å². The molecule has 1 aromatic carbocycles. The molecule has 0 amide bonds. The minimum atomic E-state index is -0.917. The van der Waals surface area contributed by atoms with Crippen LogP contribution in [0.1, 0.15) is 22.3 Å². The number of carboxylic acid groups (broad SMARTS) is 1. The first-order valence-electron chi connectivity index (χ1n) is 5.35. The summed E-state index contributed by atoms with van der Waals surface area (Å²) in [4.78, 5) is 15.6. The predicted molar refractivity (Wildman–Crippen MR) is 80.9 cm³/mol.